The van der Waals surface area contributed by atoms with E-state index in [0.29, 0.717) is 5.92 Å². The van der Waals surface area contributed by atoms with Gasteiger partial charge in [0.25, 0.3) is 0 Å². The van der Waals surface area contributed by atoms with Gasteiger partial charge in [-0.15, -0.1) is 0 Å². The van der Waals surface area contributed by atoms with Crippen molar-refractivity contribution in [3.8, 4) is 0 Å². The first kappa shape index (κ1) is 9.59. The average Bonchev–Trinajstić information content (AvgIpc) is 2.12. The van der Waals surface area contributed by atoms with Crippen molar-refractivity contribution in [3.05, 3.63) is 23.8 Å². The normalized spacial score (nSPS) is 17.1. The second kappa shape index (κ2) is 4.05. The van der Waals surface area contributed by atoms with Gasteiger partial charge in [0.2, 0.25) is 0 Å². The first-order valence-corrected chi connectivity index (χ1v) is 5.29. The predicted octanol–water partition coefficient (Wildman–Crippen LogP) is 1.81. The van der Waals surface area contributed by atoms with Gasteiger partial charge in [-0.2, -0.15) is 0 Å². The molecule has 0 radical (unpaired) electrons. The minimum atomic E-state index is 0.471. The van der Waals surface area contributed by atoms with Crippen molar-refractivity contribution in [2.75, 3.05) is 13.1 Å². The van der Waals surface area contributed by atoms with Crippen molar-refractivity contribution in [1.82, 2.24) is 14.9 Å². The largest absolute Gasteiger partial charge is 0.297 e. The molecule has 0 bridgehead atoms. The van der Waals surface area contributed by atoms with Crippen molar-refractivity contribution < 1.29 is 0 Å². The summed E-state index contributed by atoms with van der Waals surface area (Å²) in [6.45, 7) is 7.70. The molecule has 2 heterocycles. The van der Waals surface area contributed by atoms with E-state index in [9.17, 15) is 0 Å². The highest BCUT2D eigenvalue weighted by Crippen LogP contribution is 2.13. The molecule has 2 rings (SSSR count). The maximum Gasteiger partial charge on any atom is 0.0730 e. The highest BCUT2D eigenvalue weighted by molar-refractivity contribution is 5.06. The third-order valence-corrected chi connectivity index (χ3v) is 2.63. The number of hydrogen-bond donors (Lipinski definition) is 0. The van der Waals surface area contributed by atoms with Gasteiger partial charge in [-0.05, 0) is 25.4 Å². The molecule has 0 amide bonds. The summed E-state index contributed by atoms with van der Waals surface area (Å²) in [5.74, 6) is 0.471. The Hall–Kier alpha value is -0.960. The quantitative estimate of drug-likeness (QED) is 0.729. The lowest BCUT2D eigenvalue weighted by atomic mass is 10.1. The molecule has 0 N–H and O–H groups in total. The summed E-state index contributed by atoms with van der Waals surface area (Å²) in [6, 6.07) is 0. The van der Waals surface area contributed by atoms with Gasteiger partial charge in [0, 0.05) is 18.9 Å². The Balaban J connectivity index is 2.05. The Morgan fingerprint density at radius 3 is 2.71 bits per heavy atom. The van der Waals surface area contributed by atoms with Gasteiger partial charge in [0.1, 0.15) is 0 Å². The van der Waals surface area contributed by atoms with Crippen LogP contribution in [0.4, 0.5) is 0 Å². The molecule has 0 aromatic carbocycles. The topological polar surface area (TPSA) is 29.0 Å². The monoisotopic (exact) mass is 191 g/mol. The minimum Gasteiger partial charge on any atom is -0.297 e. The van der Waals surface area contributed by atoms with E-state index in [0.717, 1.165) is 17.9 Å². The fraction of sp³-hybridized carbons (Fsp3) is 0.636. The highest BCUT2D eigenvalue weighted by atomic mass is 15.2. The number of nitrogens with zero attached hydrogens (tertiary/aromatic N) is 3. The number of hydrogen-bond acceptors (Lipinski definition) is 3. The Morgan fingerprint density at radius 2 is 2.14 bits per heavy atom. The number of aromatic nitrogens is 2. The SMILES string of the molecule is CC(C)c1cncc(CN2CCC2)n1. The van der Waals surface area contributed by atoms with Crippen LogP contribution in [0.5, 0.6) is 0 Å². The summed E-state index contributed by atoms with van der Waals surface area (Å²) in [4.78, 5) is 11.2. The van der Waals surface area contributed by atoms with E-state index in [2.05, 4.69) is 28.7 Å². The van der Waals surface area contributed by atoms with Crippen molar-refractivity contribution in [2.45, 2.75) is 32.7 Å². The van der Waals surface area contributed by atoms with Gasteiger partial charge in [-0.3, -0.25) is 14.9 Å². The lowest BCUT2D eigenvalue weighted by Crippen LogP contribution is -2.36. The zero-order valence-corrected chi connectivity index (χ0v) is 8.90. The average molecular weight is 191 g/mol. The molecule has 3 nitrogen and oxygen atoms in total. The minimum absolute atomic E-state index is 0.471. The zero-order valence-electron chi connectivity index (χ0n) is 8.90. The lowest BCUT2D eigenvalue weighted by Gasteiger charge is -2.30. The molecule has 1 aromatic rings. The maximum atomic E-state index is 4.59. The van der Waals surface area contributed by atoms with Crippen LogP contribution in [0.1, 0.15) is 37.6 Å². The molecular formula is C11H17N3. The summed E-state index contributed by atoms with van der Waals surface area (Å²) in [6.07, 6.45) is 5.08. The highest BCUT2D eigenvalue weighted by Gasteiger charge is 2.14. The van der Waals surface area contributed by atoms with E-state index >= 15 is 0 Å². The van der Waals surface area contributed by atoms with Crippen LogP contribution in [-0.4, -0.2) is 28.0 Å². The van der Waals surface area contributed by atoms with Gasteiger partial charge >= 0.3 is 0 Å². The van der Waals surface area contributed by atoms with E-state index in [4.69, 9.17) is 0 Å². The summed E-state index contributed by atoms with van der Waals surface area (Å²) < 4.78 is 0. The molecule has 0 aliphatic carbocycles. The Labute approximate surface area is 85.2 Å². The smallest absolute Gasteiger partial charge is 0.0730 e. The molecule has 1 saturated heterocycles. The third-order valence-electron chi connectivity index (χ3n) is 2.63. The van der Waals surface area contributed by atoms with Gasteiger partial charge < -0.3 is 0 Å². The molecule has 14 heavy (non-hydrogen) atoms. The van der Waals surface area contributed by atoms with E-state index < -0.39 is 0 Å². The van der Waals surface area contributed by atoms with Gasteiger partial charge in [-0.25, -0.2) is 0 Å². The molecular weight excluding hydrogens is 174 g/mol. The Morgan fingerprint density at radius 1 is 1.36 bits per heavy atom. The van der Waals surface area contributed by atoms with Crippen LogP contribution in [0.15, 0.2) is 12.4 Å². The molecule has 3 heteroatoms. The van der Waals surface area contributed by atoms with Crippen molar-refractivity contribution >= 4 is 0 Å². The van der Waals surface area contributed by atoms with Gasteiger partial charge in [-0.1, -0.05) is 13.8 Å². The molecule has 1 aromatic heterocycles. The Bertz CT molecular complexity index is 305. The first-order chi connectivity index (χ1) is 6.75. The van der Waals surface area contributed by atoms with Crippen LogP contribution in [-0.2, 0) is 6.54 Å². The summed E-state index contributed by atoms with van der Waals surface area (Å²) in [5, 5.41) is 0. The van der Waals surface area contributed by atoms with Crippen LogP contribution in [0.3, 0.4) is 0 Å². The third kappa shape index (κ3) is 2.10. The van der Waals surface area contributed by atoms with Crippen LogP contribution >= 0.6 is 0 Å². The molecule has 1 aliphatic heterocycles. The summed E-state index contributed by atoms with van der Waals surface area (Å²) in [7, 11) is 0. The molecule has 1 aliphatic rings. The van der Waals surface area contributed by atoms with Gasteiger partial charge in [0.05, 0.1) is 11.4 Å². The van der Waals surface area contributed by atoms with Crippen LogP contribution in [0, 0.1) is 0 Å². The zero-order chi connectivity index (χ0) is 9.97. The van der Waals surface area contributed by atoms with Crippen molar-refractivity contribution in [3.63, 3.8) is 0 Å². The Kier molecular flexibility index (Phi) is 2.77. The molecule has 76 valence electrons. The molecule has 0 saturated carbocycles. The van der Waals surface area contributed by atoms with E-state index in [-0.39, 0.29) is 0 Å². The van der Waals surface area contributed by atoms with Crippen molar-refractivity contribution in [2.24, 2.45) is 0 Å². The van der Waals surface area contributed by atoms with E-state index in [1.807, 2.05) is 12.4 Å². The fourth-order valence-electron chi connectivity index (χ4n) is 1.55. The van der Waals surface area contributed by atoms with Crippen LogP contribution < -0.4 is 0 Å². The standard InChI is InChI=1S/C11H17N3/c1-9(2)11-7-12-6-10(13-11)8-14-4-3-5-14/h6-7,9H,3-5,8H2,1-2H3. The van der Waals surface area contributed by atoms with Crippen LogP contribution in [0.2, 0.25) is 0 Å². The van der Waals surface area contributed by atoms with Crippen molar-refractivity contribution in [1.29, 1.82) is 0 Å². The molecule has 0 spiro atoms. The second-order valence-corrected chi connectivity index (χ2v) is 4.22. The fourth-order valence-corrected chi connectivity index (χ4v) is 1.55. The van der Waals surface area contributed by atoms with E-state index in [1.54, 1.807) is 0 Å². The summed E-state index contributed by atoms with van der Waals surface area (Å²) >= 11 is 0. The number of rotatable bonds is 3. The first-order valence-electron chi connectivity index (χ1n) is 5.29. The number of likely N-dealkylation sites (tertiary alicyclic amines) is 1. The molecule has 0 unspecified atom stereocenters. The van der Waals surface area contributed by atoms with Crippen LogP contribution in [0.25, 0.3) is 0 Å². The predicted molar refractivity (Wildman–Crippen MR) is 56.0 cm³/mol. The summed E-state index contributed by atoms with van der Waals surface area (Å²) in [5.41, 5.74) is 2.21. The molecule has 0 atom stereocenters. The van der Waals surface area contributed by atoms with Gasteiger partial charge in [0.15, 0.2) is 0 Å². The van der Waals surface area contributed by atoms with E-state index in [1.165, 1.54) is 19.5 Å². The second-order valence-electron chi connectivity index (χ2n) is 4.22. The lowest BCUT2D eigenvalue weighted by molar-refractivity contribution is 0.170. The maximum absolute atomic E-state index is 4.59. The molecule has 1 fully saturated rings.